The molecule has 10 atom stereocenters. The number of Topliss-reactive ketones (excluding diaryl/α,β-unsaturated/α-hetero) is 1. The van der Waals surface area contributed by atoms with Crippen molar-refractivity contribution in [3.8, 4) is 5.75 Å². The number of hydrogen-bond donors (Lipinski definition) is 3. The van der Waals surface area contributed by atoms with Crippen LogP contribution < -0.4 is 15.4 Å². The number of hydrogen-bond acceptors (Lipinski definition) is 8. The first kappa shape index (κ1) is 50.9. The third-order valence-electron chi connectivity index (χ3n) is 20.5. The van der Waals surface area contributed by atoms with Gasteiger partial charge in [0, 0.05) is 35.4 Å². The summed E-state index contributed by atoms with van der Waals surface area (Å²) in [6, 6.07) is 4.98. The Labute approximate surface area is 411 Å². The normalized spacial score (nSPS) is 36.3. The number of nitrogens with zero attached hydrogens (tertiary/aromatic N) is 1. The van der Waals surface area contributed by atoms with Crippen molar-refractivity contribution >= 4 is 41.1 Å². The van der Waals surface area contributed by atoms with Gasteiger partial charge in [0.05, 0.1) is 17.4 Å². The Morgan fingerprint density at radius 1 is 0.868 bits per heavy atom. The van der Waals surface area contributed by atoms with Gasteiger partial charge in [0.2, 0.25) is 5.91 Å². The maximum atomic E-state index is 14.3. The number of likely N-dealkylation sites (tertiary alicyclic amines) is 1. The summed E-state index contributed by atoms with van der Waals surface area (Å²) in [5.41, 5.74) is -0.101. The lowest BCUT2D eigenvalue weighted by atomic mass is 9.33. The molecular formula is C56H82ClN3O8. The van der Waals surface area contributed by atoms with Crippen LogP contribution in [0.2, 0.25) is 5.02 Å². The number of carboxylic acid groups (broad SMARTS) is 1. The van der Waals surface area contributed by atoms with Crippen LogP contribution in [-0.2, 0) is 23.9 Å². The van der Waals surface area contributed by atoms with Crippen LogP contribution in [0.15, 0.2) is 29.3 Å². The van der Waals surface area contributed by atoms with Gasteiger partial charge in [-0.05, 0) is 167 Å². The van der Waals surface area contributed by atoms with E-state index in [1.54, 1.807) is 32.0 Å². The number of piperidine rings is 1. The van der Waals surface area contributed by atoms with E-state index in [2.05, 4.69) is 64.0 Å². The number of aliphatic carboxylic acids is 1. The number of allylic oxidation sites excluding steroid dienone is 1. The number of benzene rings is 1. The molecule has 0 spiro atoms. The van der Waals surface area contributed by atoms with Crippen LogP contribution in [0.25, 0.3) is 0 Å². The Morgan fingerprint density at radius 3 is 2.24 bits per heavy atom. The van der Waals surface area contributed by atoms with E-state index < -0.39 is 40.1 Å². The van der Waals surface area contributed by atoms with Crippen LogP contribution in [0.1, 0.15) is 170 Å². The first-order chi connectivity index (χ1) is 31.7. The lowest BCUT2D eigenvalue weighted by Crippen LogP contribution is -2.66. The van der Waals surface area contributed by atoms with Gasteiger partial charge in [0.15, 0.2) is 5.78 Å². The van der Waals surface area contributed by atoms with Gasteiger partial charge in [-0.2, -0.15) is 0 Å². The molecule has 0 radical (unpaired) electrons. The molecule has 1 aromatic rings. The number of amides is 2. The first-order valence-electron chi connectivity index (χ1n) is 26.2. The molecule has 11 nitrogen and oxygen atoms in total. The predicted molar refractivity (Wildman–Crippen MR) is 264 cm³/mol. The molecule has 7 aliphatic rings. The molecule has 1 heterocycles. The molecule has 68 heavy (non-hydrogen) atoms. The average Bonchev–Trinajstić information content (AvgIpc) is 3.56. The van der Waals surface area contributed by atoms with Crippen molar-refractivity contribution in [3.05, 3.63) is 39.9 Å². The van der Waals surface area contributed by atoms with Crippen molar-refractivity contribution in [2.75, 3.05) is 32.8 Å². The van der Waals surface area contributed by atoms with E-state index in [1.807, 2.05) is 13.8 Å². The second-order valence-corrected chi connectivity index (χ2v) is 25.9. The van der Waals surface area contributed by atoms with E-state index in [4.69, 9.17) is 21.1 Å². The number of carbonyl (C=O) groups excluding carboxylic acids is 4. The zero-order valence-electron chi connectivity index (χ0n) is 43.1. The van der Waals surface area contributed by atoms with Crippen LogP contribution in [0, 0.1) is 68.0 Å². The maximum Gasteiger partial charge on any atom is 0.309 e. The minimum Gasteiger partial charge on any atom is -0.491 e. The number of carbonyl (C=O) groups is 5. The second kappa shape index (κ2) is 18.0. The number of nitrogens with one attached hydrogen (secondary N) is 2. The lowest BCUT2D eigenvalue weighted by molar-refractivity contribution is -0.236. The maximum absolute atomic E-state index is 14.3. The molecular weight excluding hydrogens is 878 g/mol. The van der Waals surface area contributed by atoms with Gasteiger partial charge >= 0.3 is 11.9 Å². The average molecular weight is 961 g/mol. The Balaban J connectivity index is 0.969. The zero-order chi connectivity index (χ0) is 49.6. The van der Waals surface area contributed by atoms with Crippen molar-refractivity contribution in [2.24, 2.45) is 68.0 Å². The smallest absolute Gasteiger partial charge is 0.309 e. The topological polar surface area (TPSA) is 151 Å². The van der Waals surface area contributed by atoms with E-state index in [0.29, 0.717) is 54.2 Å². The molecule has 1 aromatic carbocycles. The number of fused-ring (bicyclic) bond motifs is 7. The molecule has 0 bridgehead atoms. The van der Waals surface area contributed by atoms with Crippen LogP contribution in [0.3, 0.4) is 0 Å². The summed E-state index contributed by atoms with van der Waals surface area (Å²) in [6.45, 7) is 27.3. The largest absolute Gasteiger partial charge is 0.491 e. The lowest BCUT2D eigenvalue weighted by Gasteiger charge is -2.72. The van der Waals surface area contributed by atoms with E-state index in [9.17, 15) is 29.1 Å². The predicted octanol–water partition coefficient (Wildman–Crippen LogP) is 10.5. The van der Waals surface area contributed by atoms with Crippen molar-refractivity contribution in [2.45, 2.75) is 171 Å². The van der Waals surface area contributed by atoms with E-state index in [1.165, 1.54) is 24.8 Å². The summed E-state index contributed by atoms with van der Waals surface area (Å²) in [5, 5.41) is 16.5. The van der Waals surface area contributed by atoms with Gasteiger partial charge in [-0.3, -0.25) is 28.9 Å². The van der Waals surface area contributed by atoms with Gasteiger partial charge < -0.3 is 25.2 Å². The van der Waals surface area contributed by atoms with Gasteiger partial charge in [-0.25, -0.2) is 0 Å². The standard InChI is InChI=1S/C56H82ClN3O8/c1-33(2)44-39(61)31-56(32-58-49(66)52(7,8)59-46(62)35-16-15-34(57)29-40(35)67-28-27-60-25-13-12-14-26-60)24-23-54(10)36(45(44)56)17-18-42-53(9)21-20-43(51(5,6)41(53)19-22-55(42,54)11)68-48(65)38-30-37(47(63)64)50(38,3)4/h15-16,29,33,36-38,41-43H,12-14,17-28,30-32H2,1-11H3,(H,58,66)(H,59,62)(H,63,64)/t36-,37+,38-,41+,42-,43+,53+,54-,55-,56?/m1/s1. The molecule has 0 aromatic heterocycles. The van der Waals surface area contributed by atoms with Crippen LogP contribution in [-0.4, -0.2) is 84.0 Å². The monoisotopic (exact) mass is 960 g/mol. The number of halogens is 1. The molecule has 1 saturated heterocycles. The fourth-order valence-corrected chi connectivity index (χ4v) is 16.4. The van der Waals surface area contributed by atoms with Crippen molar-refractivity contribution in [1.82, 2.24) is 15.5 Å². The van der Waals surface area contributed by atoms with Gasteiger partial charge in [-0.15, -0.1) is 0 Å². The molecule has 6 fully saturated rings. The highest BCUT2D eigenvalue weighted by Crippen LogP contribution is 2.77. The third-order valence-corrected chi connectivity index (χ3v) is 20.7. The number of ether oxygens (including phenoxy) is 2. The molecule has 8 rings (SSSR count). The summed E-state index contributed by atoms with van der Waals surface area (Å²) < 4.78 is 12.6. The van der Waals surface area contributed by atoms with Crippen molar-refractivity contribution in [3.63, 3.8) is 0 Å². The number of esters is 1. The molecule has 3 N–H and O–H groups in total. The van der Waals surface area contributed by atoms with E-state index in [-0.39, 0.29) is 57.3 Å². The highest BCUT2D eigenvalue weighted by molar-refractivity contribution is 6.30. The fourth-order valence-electron chi connectivity index (χ4n) is 16.3. The second-order valence-electron chi connectivity index (χ2n) is 25.4. The van der Waals surface area contributed by atoms with Crippen LogP contribution >= 0.6 is 11.6 Å². The SMILES string of the molecule is CC(C)C1=C2[C@H]3CC[C@@H]4[C@@]5(C)CC[C@H](OC(=O)[C@H]6C[C@@H](C(=O)O)C6(C)C)C(C)(C)[C@@H]5CC[C@@]4(C)[C@]3(C)CCC2(CNC(=O)C(C)(C)NC(=O)c2ccc(Cl)cc2OCCN2CCCCC2)CC1=O. The zero-order valence-corrected chi connectivity index (χ0v) is 43.9. The van der Waals surface area contributed by atoms with Gasteiger partial charge in [-0.1, -0.05) is 85.9 Å². The van der Waals surface area contributed by atoms with E-state index >= 15 is 0 Å². The molecule has 2 amide bonds. The number of ketones is 1. The highest BCUT2D eigenvalue weighted by atomic mass is 35.5. The summed E-state index contributed by atoms with van der Waals surface area (Å²) >= 11 is 6.38. The summed E-state index contributed by atoms with van der Waals surface area (Å²) in [6.07, 6.45) is 11.8. The number of carboxylic acids is 1. The number of rotatable bonds is 13. The Kier molecular flexibility index (Phi) is 13.5. The molecule has 12 heteroatoms. The minimum absolute atomic E-state index is 0.00273. The molecule has 1 unspecified atom stereocenters. The Morgan fingerprint density at radius 2 is 1.57 bits per heavy atom. The van der Waals surface area contributed by atoms with Crippen LogP contribution in [0.5, 0.6) is 5.75 Å². The minimum atomic E-state index is -1.27. The quantitative estimate of drug-likeness (QED) is 0.164. The third kappa shape index (κ3) is 8.34. The summed E-state index contributed by atoms with van der Waals surface area (Å²) in [4.78, 5) is 70.5. The first-order valence-corrected chi connectivity index (χ1v) is 26.6. The van der Waals surface area contributed by atoms with Crippen LogP contribution in [0.4, 0.5) is 0 Å². The van der Waals surface area contributed by atoms with E-state index in [0.717, 1.165) is 76.6 Å². The van der Waals surface area contributed by atoms with Gasteiger partial charge in [0.1, 0.15) is 24.0 Å². The molecule has 376 valence electrons. The Hall–Kier alpha value is -3.44. The molecule has 1 aliphatic heterocycles. The fraction of sp³-hybridized carbons (Fsp3) is 0.768. The molecule has 6 aliphatic carbocycles. The Bertz CT molecular complexity index is 2230. The summed E-state index contributed by atoms with van der Waals surface area (Å²) in [5.74, 6) is -1.08. The highest BCUT2D eigenvalue weighted by Gasteiger charge is 2.70. The summed E-state index contributed by atoms with van der Waals surface area (Å²) in [7, 11) is 0. The molecule has 5 saturated carbocycles. The van der Waals surface area contributed by atoms with Crippen molar-refractivity contribution in [1.29, 1.82) is 0 Å². The van der Waals surface area contributed by atoms with Gasteiger partial charge in [0.25, 0.3) is 5.91 Å². The van der Waals surface area contributed by atoms with Crippen molar-refractivity contribution < 1.29 is 38.6 Å².